The van der Waals surface area contributed by atoms with Crippen LogP contribution in [0.5, 0.6) is 11.5 Å². The average molecular weight is 325 g/mol. The van der Waals surface area contributed by atoms with Gasteiger partial charge in [0.2, 0.25) is 5.90 Å². The molecule has 0 unspecified atom stereocenters. The van der Waals surface area contributed by atoms with Crippen LogP contribution in [0.15, 0.2) is 54.0 Å². The van der Waals surface area contributed by atoms with Crippen LogP contribution in [0.3, 0.4) is 0 Å². The molecule has 7 heteroatoms. The molecular formula is C17H12FN3O3. The molecule has 6 nitrogen and oxygen atoms in total. The van der Waals surface area contributed by atoms with E-state index in [-0.39, 0.29) is 19.1 Å². The average Bonchev–Trinajstić information content (AvgIpc) is 2.63. The highest BCUT2D eigenvalue weighted by atomic mass is 19.1. The van der Waals surface area contributed by atoms with E-state index in [1.807, 2.05) is 6.07 Å². The zero-order valence-corrected chi connectivity index (χ0v) is 12.5. The zero-order chi connectivity index (χ0) is 16.8. The predicted octanol–water partition coefficient (Wildman–Crippen LogP) is 3.30. The second-order valence-electron chi connectivity index (χ2n) is 4.77. The van der Waals surface area contributed by atoms with E-state index in [4.69, 9.17) is 19.5 Å². The molecule has 2 heterocycles. The summed E-state index contributed by atoms with van der Waals surface area (Å²) in [6.07, 6.45) is 5.89. The van der Waals surface area contributed by atoms with Gasteiger partial charge in [-0.25, -0.2) is 9.38 Å². The Balaban J connectivity index is 1.67. The minimum atomic E-state index is -0.539. The Hall–Kier alpha value is -3.40. The molecule has 24 heavy (non-hydrogen) atoms. The van der Waals surface area contributed by atoms with Crippen LogP contribution in [-0.2, 0) is 16.1 Å². The maximum atomic E-state index is 14.2. The largest absolute Gasteiger partial charge is 0.479 e. The first-order chi connectivity index (χ1) is 11.7. The molecule has 3 rings (SSSR count). The topological polar surface area (TPSA) is 76.7 Å². The van der Waals surface area contributed by atoms with Gasteiger partial charge in [-0.1, -0.05) is 6.07 Å². The second kappa shape index (κ2) is 7.24. The summed E-state index contributed by atoms with van der Waals surface area (Å²) in [5.41, 5.74) is 0.967. The number of ether oxygens (including phenoxy) is 3. The highest BCUT2D eigenvalue weighted by Gasteiger charge is 2.08. The van der Waals surface area contributed by atoms with Crippen LogP contribution in [0.4, 0.5) is 4.39 Å². The van der Waals surface area contributed by atoms with Crippen molar-refractivity contribution in [2.75, 3.05) is 6.73 Å². The molecule has 2 aromatic rings. The highest BCUT2D eigenvalue weighted by molar-refractivity contribution is 5.87. The van der Waals surface area contributed by atoms with Gasteiger partial charge in [-0.3, -0.25) is 4.98 Å². The van der Waals surface area contributed by atoms with Crippen molar-refractivity contribution >= 4 is 5.90 Å². The Morgan fingerprint density at radius 2 is 2.21 bits per heavy atom. The van der Waals surface area contributed by atoms with E-state index < -0.39 is 5.82 Å². The van der Waals surface area contributed by atoms with Crippen LogP contribution in [-0.4, -0.2) is 17.6 Å². The van der Waals surface area contributed by atoms with E-state index in [1.54, 1.807) is 12.1 Å². The number of nitriles is 1. The van der Waals surface area contributed by atoms with Crippen LogP contribution in [0.25, 0.3) is 0 Å². The SMILES string of the molecule is N#Cc1cncc(Oc2ccc(COC3=NCOC=C3)cc2F)c1. The minimum Gasteiger partial charge on any atom is -0.479 e. The van der Waals surface area contributed by atoms with Gasteiger partial charge in [0.05, 0.1) is 18.0 Å². The molecule has 0 radical (unpaired) electrons. The van der Waals surface area contributed by atoms with E-state index in [0.717, 1.165) is 0 Å². The second-order valence-corrected chi connectivity index (χ2v) is 4.77. The van der Waals surface area contributed by atoms with E-state index in [2.05, 4.69) is 9.98 Å². The van der Waals surface area contributed by atoms with Crippen LogP contribution in [0.1, 0.15) is 11.1 Å². The maximum absolute atomic E-state index is 14.2. The fraction of sp³-hybridized carbons (Fsp3) is 0.118. The quantitative estimate of drug-likeness (QED) is 0.862. The van der Waals surface area contributed by atoms with Crippen LogP contribution < -0.4 is 4.74 Å². The van der Waals surface area contributed by atoms with E-state index in [1.165, 1.54) is 36.9 Å². The molecule has 0 spiro atoms. The number of rotatable bonds is 4. The van der Waals surface area contributed by atoms with Crippen molar-refractivity contribution in [2.45, 2.75) is 6.61 Å². The van der Waals surface area contributed by atoms with Gasteiger partial charge >= 0.3 is 0 Å². The molecular weight excluding hydrogens is 313 g/mol. The molecule has 0 saturated heterocycles. The van der Waals surface area contributed by atoms with Gasteiger partial charge in [0.15, 0.2) is 18.3 Å². The van der Waals surface area contributed by atoms with Gasteiger partial charge in [0, 0.05) is 18.3 Å². The summed E-state index contributed by atoms with van der Waals surface area (Å²) in [5, 5.41) is 8.83. The lowest BCUT2D eigenvalue weighted by Crippen LogP contribution is -2.07. The summed E-state index contributed by atoms with van der Waals surface area (Å²) in [4.78, 5) is 7.85. The molecule has 0 saturated carbocycles. The lowest BCUT2D eigenvalue weighted by molar-refractivity contribution is 0.235. The molecule has 1 aromatic heterocycles. The summed E-state index contributed by atoms with van der Waals surface area (Å²) in [6, 6.07) is 7.93. The smallest absolute Gasteiger partial charge is 0.215 e. The zero-order valence-electron chi connectivity index (χ0n) is 12.5. The van der Waals surface area contributed by atoms with Crippen molar-refractivity contribution in [3.63, 3.8) is 0 Å². The Morgan fingerprint density at radius 3 is 2.96 bits per heavy atom. The molecule has 0 N–H and O–H groups in total. The molecule has 1 aliphatic heterocycles. The fourth-order valence-corrected chi connectivity index (χ4v) is 1.93. The maximum Gasteiger partial charge on any atom is 0.215 e. The van der Waals surface area contributed by atoms with Gasteiger partial charge in [-0.15, -0.1) is 0 Å². The van der Waals surface area contributed by atoms with E-state index >= 15 is 0 Å². The van der Waals surface area contributed by atoms with Gasteiger partial charge in [-0.05, 0) is 17.7 Å². The van der Waals surface area contributed by atoms with Crippen molar-refractivity contribution < 1.29 is 18.6 Å². The summed E-state index contributed by atoms with van der Waals surface area (Å²) in [6.45, 7) is 0.384. The minimum absolute atomic E-state index is 0.0407. The monoisotopic (exact) mass is 325 g/mol. The van der Waals surface area contributed by atoms with E-state index in [0.29, 0.717) is 22.8 Å². The number of aromatic nitrogens is 1. The first-order valence-electron chi connectivity index (χ1n) is 7.01. The van der Waals surface area contributed by atoms with Crippen molar-refractivity contribution in [3.05, 3.63) is 65.9 Å². The number of benzene rings is 1. The molecule has 0 aliphatic carbocycles. The van der Waals surface area contributed by atoms with Crippen molar-refractivity contribution in [2.24, 2.45) is 4.99 Å². The summed E-state index contributed by atoms with van der Waals surface area (Å²) in [7, 11) is 0. The van der Waals surface area contributed by atoms with E-state index in [9.17, 15) is 4.39 Å². The van der Waals surface area contributed by atoms with Gasteiger partial charge < -0.3 is 14.2 Å². The molecule has 0 fully saturated rings. The van der Waals surface area contributed by atoms with Crippen LogP contribution >= 0.6 is 0 Å². The molecule has 0 amide bonds. The third-order valence-electron chi connectivity index (χ3n) is 3.05. The molecule has 120 valence electrons. The number of halogens is 1. The number of pyridine rings is 1. The van der Waals surface area contributed by atoms with Crippen molar-refractivity contribution in [3.8, 4) is 17.6 Å². The summed E-state index contributed by atoms with van der Waals surface area (Å²) >= 11 is 0. The van der Waals surface area contributed by atoms with Crippen LogP contribution in [0.2, 0.25) is 0 Å². The Morgan fingerprint density at radius 1 is 1.29 bits per heavy atom. The molecule has 0 bridgehead atoms. The number of hydrogen-bond donors (Lipinski definition) is 0. The van der Waals surface area contributed by atoms with Crippen LogP contribution in [0, 0.1) is 17.1 Å². The number of aliphatic imine (C=N–C) groups is 1. The van der Waals surface area contributed by atoms with Gasteiger partial charge in [0.1, 0.15) is 18.4 Å². The van der Waals surface area contributed by atoms with Crippen molar-refractivity contribution in [1.82, 2.24) is 4.98 Å². The summed E-state index contributed by atoms with van der Waals surface area (Å²) in [5.74, 6) is 0.224. The third-order valence-corrected chi connectivity index (χ3v) is 3.05. The standard InChI is InChI=1S/C17H12FN3O3/c18-15-6-12(10-23-17-3-4-22-11-21-17)1-2-16(15)24-14-5-13(7-19)8-20-9-14/h1-6,8-9H,10-11H2. The van der Waals surface area contributed by atoms with Gasteiger partial charge in [-0.2, -0.15) is 5.26 Å². The highest BCUT2D eigenvalue weighted by Crippen LogP contribution is 2.25. The molecule has 1 aliphatic rings. The van der Waals surface area contributed by atoms with Gasteiger partial charge in [0.25, 0.3) is 0 Å². The third kappa shape index (κ3) is 3.87. The Kier molecular flexibility index (Phi) is 4.68. The first kappa shape index (κ1) is 15.5. The lowest BCUT2D eigenvalue weighted by Gasteiger charge is -2.11. The number of nitrogens with zero attached hydrogens (tertiary/aromatic N) is 3. The normalized spacial score (nSPS) is 12.8. The summed E-state index contributed by atoms with van der Waals surface area (Å²) < 4.78 is 29.9. The van der Waals surface area contributed by atoms with Crippen molar-refractivity contribution in [1.29, 1.82) is 5.26 Å². The lowest BCUT2D eigenvalue weighted by atomic mass is 10.2. The first-order valence-corrected chi connectivity index (χ1v) is 7.01. The molecule has 0 atom stereocenters. The Labute approximate surface area is 137 Å². The Bertz CT molecular complexity index is 843. The fourth-order valence-electron chi connectivity index (χ4n) is 1.93. The molecule has 1 aromatic carbocycles. The predicted molar refractivity (Wildman–Crippen MR) is 82.7 cm³/mol. The number of hydrogen-bond acceptors (Lipinski definition) is 6.